The van der Waals surface area contributed by atoms with E-state index in [0.717, 1.165) is 11.1 Å². The van der Waals surface area contributed by atoms with Gasteiger partial charge in [0.05, 0.1) is 30.7 Å². The minimum Gasteiger partial charge on any atom is -0.507 e. The van der Waals surface area contributed by atoms with Crippen molar-refractivity contribution in [3.63, 3.8) is 0 Å². The Morgan fingerprint density at radius 3 is 2.72 bits per heavy atom. The molecule has 0 spiro atoms. The van der Waals surface area contributed by atoms with Gasteiger partial charge in [0.1, 0.15) is 23.0 Å². The van der Waals surface area contributed by atoms with E-state index in [1.165, 1.54) is 0 Å². The highest BCUT2D eigenvalue weighted by molar-refractivity contribution is 5.78. The summed E-state index contributed by atoms with van der Waals surface area (Å²) >= 11 is 0. The lowest BCUT2D eigenvalue weighted by Crippen LogP contribution is -2.44. The largest absolute Gasteiger partial charge is 0.507 e. The van der Waals surface area contributed by atoms with Gasteiger partial charge < -0.3 is 19.5 Å². The first-order valence-corrected chi connectivity index (χ1v) is 10.6. The maximum absolute atomic E-state index is 12.5. The molecule has 168 valence electrons. The second-order valence-corrected chi connectivity index (χ2v) is 9.10. The highest BCUT2D eigenvalue weighted by Gasteiger charge is 2.30. The number of phenolic OH excluding ortho intramolecular Hbond substituents is 1. The Bertz CT molecular complexity index is 1150. The number of aromatic hydroxyl groups is 1. The molecule has 0 unspecified atom stereocenters. The number of carbonyl (C=O) groups excluding carboxylic acids is 1. The molecule has 1 aliphatic rings. The molecule has 0 aliphatic carbocycles. The molecule has 8 nitrogen and oxygen atoms in total. The van der Waals surface area contributed by atoms with E-state index in [1.807, 2.05) is 52.8 Å². The molecule has 0 bridgehead atoms. The van der Waals surface area contributed by atoms with Gasteiger partial charge >= 0.3 is 6.09 Å². The standard InChI is InChI=1S/C24H28N4O4/c1-14-10-15(2)21(19(29)11-14)16-6-7-17-22(26-16)27-18(12-25-17)20-13-28(8-9-31-20)23(30)32-24(3,4)5/h6-7,10-12,20,29H,8-9,13H2,1-5H3/t20-/m0/s1. The summed E-state index contributed by atoms with van der Waals surface area (Å²) in [5.74, 6) is 0.182. The molecule has 8 heteroatoms. The van der Waals surface area contributed by atoms with E-state index >= 15 is 0 Å². The summed E-state index contributed by atoms with van der Waals surface area (Å²) in [5, 5.41) is 10.5. The van der Waals surface area contributed by atoms with E-state index in [0.29, 0.717) is 47.8 Å². The van der Waals surface area contributed by atoms with Gasteiger partial charge in [0, 0.05) is 12.1 Å². The van der Waals surface area contributed by atoms with Gasteiger partial charge in [0.25, 0.3) is 0 Å². The molecule has 3 aromatic rings. The third-order valence-electron chi connectivity index (χ3n) is 5.19. The van der Waals surface area contributed by atoms with Crippen molar-refractivity contribution in [2.45, 2.75) is 46.3 Å². The molecule has 1 fully saturated rings. The number of amides is 1. The summed E-state index contributed by atoms with van der Waals surface area (Å²) in [5.41, 5.74) is 4.35. The summed E-state index contributed by atoms with van der Waals surface area (Å²) < 4.78 is 11.4. The Balaban J connectivity index is 1.63. The zero-order valence-corrected chi connectivity index (χ0v) is 19.0. The Morgan fingerprint density at radius 2 is 2.00 bits per heavy atom. The van der Waals surface area contributed by atoms with Crippen LogP contribution in [-0.2, 0) is 9.47 Å². The lowest BCUT2D eigenvalue weighted by atomic mass is 10.0. The lowest BCUT2D eigenvalue weighted by molar-refractivity contribution is -0.0447. The zero-order chi connectivity index (χ0) is 23.0. The van der Waals surface area contributed by atoms with Crippen LogP contribution in [-0.4, -0.2) is 56.3 Å². The number of carbonyl (C=O) groups is 1. The predicted octanol–water partition coefficient (Wildman–Crippen LogP) is 4.32. The van der Waals surface area contributed by atoms with Gasteiger partial charge in [-0.25, -0.2) is 14.8 Å². The maximum Gasteiger partial charge on any atom is 0.410 e. The number of phenols is 1. The fraction of sp³-hybridized carbons (Fsp3) is 0.417. The maximum atomic E-state index is 12.5. The van der Waals surface area contributed by atoms with E-state index in [4.69, 9.17) is 9.47 Å². The van der Waals surface area contributed by atoms with Crippen LogP contribution >= 0.6 is 0 Å². The van der Waals surface area contributed by atoms with Gasteiger partial charge in [-0.05, 0) is 63.9 Å². The monoisotopic (exact) mass is 436 g/mol. The number of aryl methyl sites for hydroxylation is 2. The van der Waals surface area contributed by atoms with Crippen molar-refractivity contribution in [1.29, 1.82) is 0 Å². The summed E-state index contributed by atoms with van der Waals surface area (Å²) in [6.45, 7) is 10.6. The SMILES string of the molecule is Cc1cc(C)c(-c2ccc3ncc([C@@H]4CN(C(=O)OC(C)(C)C)CCO4)nc3n2)c(O)c1. The molecule has 32 heavy (non-hydrogen) atoms. The molecule has 4 rings (SSSR count). The Morgan fingerprint density at radius 1 is 1.22 bits per heavy atom. The molecule has 0 saturated carbocycles. The first-order valence-electron chi connectivity index (χ1n) is 10.6. The van der Waals surface area contributed by atoms with Crippen molar-refractivity contribution in [2.24, 2.45) is 0 Å². The first kappa shape index (κ1) is 22.0. The Labute approximate surface area is 187 Å². The summed E-state index contributed by atoms with van der Waals surface area (Å²) in [6, 6.07) is 7.39. The number of nitrogens with zero attached hydrogens (tertiary/aromatic N) is 4. The molecular formula is C24H28N4O4. The molecule has 2 aromatic heterocycles. The molecule has 1 aromatic carbocycles. The van der Waals surface area contributed by atoms with Crippen molar-refractivity contribution < 1.29 is 19.4 Å². The molecule has 1 atom stereocenters. The van der Waals surface area contributed by atoms with Gasteiger partial charge in [-0.1, -0.05) is 6.07 Å². The van der Waals surface area contributed by atoms with Gasteiger partial charge in [0.2, 0.25) is 0 Å². The number of hydrogen-bond donors (Lipinski definition) is 1. The molecule has 3 heterocycles. The third kappa shape index (κ3) is 4.65. The van der Waals surface area contributed by atoms with Crippen molar-refractivity contribution in [3.05, 3.63) is 47.3 Å². The smallest absolute Gasteiger partial charge is 0.410 e. The number of benzene rings is 1. The quantitative estimate of drug-likeness (QED) is 0.639. The minimum atomic E-state index is -0.562. The van der Waals surface area contributed by atoms with E-state index < -0.39 is 11.7 Å². The summed E-state index contributed by atoms with van der Waals surface area (Å²) in [7, 11) is 0. The van der Waals surface area contributed by atoms with Crippen LogP contribution in [0.1, 0.15) is 43.7 Å². The number of hydrogen-bond acceptors (Lipinski definition) is 7. The molecular weight excluding hydrogens is 408 g/mol. The third-order valence-corrected chi connectivity index (χ3v) is 5.19. The first-order chi connectivity index (χ1) is 15.1. The van der Waals surface area contributed by atoms with E-state index in [9.17, 15) is 9.90 Å². The Kier molecular flexibility index (Phi) is 5.73. The average molecular weight is 437 g/mol. The Hall–Kier alpha value is -3.26. The zero-order valence-electron chi connectivity index (χ0n) is 19.0. The fourth-order valence-electron chi connectivity index (χ4n) is 3.80. The van der Waals surface area contributed by atoms with E-state index in [2.05, 4.69) is 15.0 Å². The molecule has 1 saturated heterocycles. The summed E-state index contributed by atoms with van der Waals surface area (Å²) in [4.78, 5) is 27.9. The molecule has 1 amide bonds. The van der Waals surface area contributed by atoms with Gasteiger partial charge in [-0.15, -0.1) is 0 Å². The average Bonchev–Trinajstić information content (AvgIpc) is 2.71. The number of ether oxygens (including phenoxy) is 2. The molecule has 1 aliphatic heterocycles. The van der Waals surface area contributed by atoms with Crippen molar-refractivity contribution in [2.75, 3.05) is 19.7 Å². The molecule has 1 N–H and O–H groups in total. The van der Waals surface area contributed by atoms with Crippen molar-refractivity contribution in [3.8, 4) is 17.0 Å². The number of morpholine rings is 1. The second kappa shape index (κ2) is 8.35. The van der Waals surface area contributed by atoms with Crippen LogP contribution in [0.5, 0.6) is 5.75 Å². The normalized spacial score (nSPS) is 16.9. The van der Waals surface area contributed by atoms with Crippen LogP contribution in [0, 0.1) is 13.8 Å². The lowest BCUT2D eigenvalue weighted by Gasteiger charge is -2.33. The number of pyridine rings is 1. The minimum absolute atomic E-state index is 0.182. The second-order valence-electron chi connectivity index (χ2n) is 9.10. The van der Waals surface area contributed by atoms with E-state index in [-0.39, 0.29) is 11.8 Å². The molecule has 0 radical (unpaired) electrons. The number of rotatable bonds is 2. The van der Waals surface area contributed by atoms with Gasteiger partial charge in [0.15, 0.2) is 5.65 Å². The van der Waals surface area contributed by atoms with Crippen LogP contribution in [0.3, 0.4) is 0 Å². The summed E-state index contributed by atoms with van der Waals surface area (Å²) in [6.07, 6.45) is 0.861. The predicted molar refractivity (Wildman–Crippen MR) is 120 cm³/mol. The number of aromatic nitrogens is 3. The topological polar surface area (TPSA) is 97.7 Å². The highest BCUT2D eigenvalue weighted by atomic mass is 16.6. The van der Waals surface area contributed by atoms with Crippen LogP contribution < -0.4 is 0 Å². The fourth-order valence-corrected chi connectivity index (χ4v) is 3.80. The van der Waals surface area contributed by atoms with Gasteiger partial charge in [-0.2, -0.15) is 0 Å². The van der Waals surface area contributed by atoms with Crippen molar-refractivity contribution in [1.82, 2.24) is 19.9 Å². The van der Waals surface area contributed by atoms with Crippen molar-refractivity contribution >= 4 is 17.3 Å². The van der Waals surface area contributed by atoms with Crippen LogP contribution in [0.25, 0.3) is 22.4 Å². The van der Waals surface area contributed by atoms with Gasteiger partial charge in [-0.3, -0.25) is 4.98 Å². The van der Waals surface area contributed by atoms with Crippen LogP contribution in [0.15, 0.2) is 30.5 Å². The highest BCUT2D eigenvalue weighted by Crippen LogP contribution is 2.33. The number of fused-ring (bicyclic) bond motifs is 1. The van der Waals surface area contributed by atoms with Crippen LogP contribution in [0.4, 0.5) is 4.79 Å². The van der Waals surface area contributed by atoms with E-state index in [1.54, 1.807) is 17.2 Å². The van der Waals surface area contributed by atoms with Crippen LogP contribution in [0.2, 0.25) is 0 Å².